The Hall–Kier alpha value is -4.27. The average molecular weight is 531 g/mol. The number of ether oxygens (including phenoxy) is 1. The molecule has 1 aliphatic rings. The Labute approximate surface area is 225 Å². The topological polar surface area (TPSA) is 101 Å². The molecule has 3 unspecified atom stereocenters. The summed E-state index contributed by atoms with van der Waals surface area (Å²) < 4.78 is 18.9. The minimum atomic E-state index is -0.852. The lowest BCUT2D eigenvalue weighted by molar-refractivity contribution is -0.141. The van der Waals surface area contributed by atoms with Crippen molar-refractivity contribution in [2.45, 2.75) is 58.2 Å². The molecule has 3 atom stereocenters. The van der Waals surface area contributed by atoms with Crippen molar-refractivity contribution in [3.63, 3.8) is 0 Å². The van der Waals surface area contributed by atoms with Crippen LogP contribution in [0.15, 0.2) is 58.1 Å². The van der Waals surface area contributed by atoms with Gasteiger partial charge in [0.2, 0.25) is 0 Å². The number of esters is 1. The normalized spacial score (nSPS) is 17.9. The fourth-order valence-corrected chi connectivity index (χ4v) is 5.45. The average Bonchev–Trinajstić information content (AvgIpc) is 3.25. The van der Waals surface area contributed by atoms with Crippen LogP contribution in [-0.2, 0) is 16.0 Å². The zero-order chi connectivity index (χ0) is 27.8. The van der Waals surface area contributed by atoms with Crippen molar-refractivity contribution < 1.29 is 13.9 Å². The highest BCUT2D eigenvalue weighted by molar-refractivity contribution is 5.93. The van der Waals surface area contributed by atoms with E-state index in [2.05, 4.69) is 15.6 Å². The van der Waals surface area contributed by atoms with Crippen LogP contribution in [-0.4, -0.2) is 36.2 Å². The van der Waals surface area contributed by atoms with Gasteiger partial charge < -0.3 is 20.3 Å². The maximum Gasteiger partial charge on any atom is 0.328 e. The number of anilines is 4. The number of halogens is 1. The fraction of sp³-hybridized carbons (Fsp3) is 0.333. The number of hydrogen-bond donors (Lipinski definition) is 2. The van der Waals surface area contributed by atoms with Gasteiger partial charge in [-0.15, -0.1) is 0 Å². The molecule has 0 saturated carbocycles. The first kappa shape index (κ1) is 26.3. The van der Waals surface area contributed by atoms with Crippen molar-refractivity contribution in [2.24, 2.45) is 0 Å². The second-order valence-corrected chi connectivity index (χ2v) is 10.3. The maximum atomic E-state index is 13.9. The molecule has 1 fully saturated rings. The number of nitrogens with zero attached hydrogens (tertiary/aromatic N) is 2. The number of aryl methyl sites for hydroxylation is 1. The summed E-state index contributed by atoms with van der Waals surface area (Å²) in [5.41, 5.74) is 1.77. The van der Waals surface area contributed by atoms with Crippen LogP contribution < -0.4 is 26.4 Å². The Kier molecular flexibility index (Phi) is 7.08. The molecule has 2 heterocycles. The van der Waals surface area contributed by atoms with Crippen LogP contribution in [0.3, 0.4) is 0 Å². The third-order valence-electron chi connectivity index (χ3n) is 7.48. The molecule has 3 aromatic carbocycles. The molecule has 0 amide bonds. The Balaban J connectivity index is 1.35. The van der Waals surface area contributed by atoms with Gasteiger partial charge in [-0.2, -0.15) is 0 Å². The van der Waals surface area contributed by atoms with Crippen molar-refractivity contribution in [2.75, 3.05) is 22.6 Å². The molecule has 0 spiro atoms. The molecule has 2 N–H and O–H groups in total. The molecule has 8 nitrogen and oxygen atoms in total. The number of benzene rings is 2. The van der Waals surface area contributed by atoms with Crippen molar-refractivity contribution in [1.29, 1.82) is 0 Å². The van der Waals surface area contributed by atoms with E-state index < -0.39 is 22.9 Å². The summed E-state index contributed by atoms with van der Waals surface area (Å²) in [7, 11) is 1.29. The van der Waals surface area contributed by atoms with Crippen molar-refractivity contribution in [3.05, 3.63) is 86.1 Å². The summed E-state index contributed by atoms with van der Waals surface area (Å²) in [6.45, 7) is 5.94. The lowest BCUT2D eigenvalue weighted by atomic mass is 10.0. The fourth-order valence-electron chi connectivity index (χ4n) is 5.45. The molecule has 202 valence electrons. The maximum absolute atomic E-state index is 13.9. The number of hydrogen-bond acceptors (Lipinski definition) is 8. The smallest absolute Gasteiger partial charge is 0.328 e. The van der Waals surface area contributed by atoms with Crippen LogP contribution in [0.5, 0.6) is 0 Å². The van der Waals surface area contributed by atoms with Gasteiger partial charge in [-0.05, 0) is 74.9 Å². The highest BCUT2D eigenvalue weighted by Crippen LogP contribution is 2.33. The van der Waals surface area contributed by atoms with Gasteiger partial charge in [0.05, 0.1) is 7.11 Å². The Morgan fingerprint density at radius 2 is 1.77 bits per heavy atom. The summed E-state index contributed by atoms with van der Waals surface area (Å²) in [5, 5.41) is 7.83. The first-order valence-corrected chi connectivity index (χ1v) is 13.0. The number of rotatable bonds is 8. The van der Waals surface area contributed by atoms with Crippen LogP contribution in [0.4, 0.5) is 27.3 Å². The zero-order valence-corrected chi connectivity index (χ0v) is 22.4. The van der Waals surface area contributed by atoms with E-state index in [1.165, 1.54) is 19.2 Å². The summed E-state index contributed by atoms with van der Waals surface area (Å²) in [5.74, 6) is -0.327. The van der Waals surface area contributed by atoms with Gasteiger partial charge in [0.25, 0.3) is 10.9 Å². The molecule has 9 heteroatoms. The molecule has 0 radical (unpaired) electrons. The Bertz CT molecular complexity index is 1600. The molecule has 1 saturated heterocycles. The quantitative estimate of drug-likeness (QED) is 0.252. The molecular formula is C30H31FN4O4. The minimum Gasteiger partial charge on any atom is -0.467 e. The van der Waals surface area contributed by atoms with Crippen molar-refractivity contribution >= 4 is 39.6 Å². The second-order valence-electron chi connectivity index (χ2n) is 10.3. The standard InChI is InChI=1S/C30H31FN4O4/c1-16-13-20-9-10-21(31)15-23(20)29(32-16)33-22-11-7-19(8-12-22)14-24(30(38)39-4)34-25-26(28(37)27(25)36)35-17(2)5-6-18(35)3/h7-13,15,17-18,24,34H,5-6,14H2,1-4H3,(H,32,33). The molecule has 0 bridgehead atoms. The third kappa shape index (κ3) is 5.08. The van der Waals surface area contributed by atoms with E-state index in [1.54, 1.807) is 6.07 Å². The number of pyridine rings is 1. The van der Waals surface area contributed by atoms with Gasteiger partial charge >= 0.3 is 5.97 Å². The molecule has 4 aromatic rings. The van der Waals surface area contributed by atoms with Crippen molar-refractivity contribution in [3.8, 4) is 0 Å². The van der Waals surface area contributed by atoms with E-state index in [-0.39, 0.29) is 30.0 Å². The van der Waals surface area contributed by atoms with Gasteiger partial charge in [0.15, 0.2) is 0 Å². The lowest BCUT2D eigenvalue weighted by Crippen LogP contribution is -2.48. The van der Waals surface area contributed by atoms with E-state index in [4.69, 9.17) is 4.74 Å². The molecular weight excluding hydrogens is 499 g/mol. The highest BCUT2D eigenvalue weighted by Gasteiger charge is 2.36. The summed E-state index contributed by atoms with van der Waals surface area (Å²) in [6.07, 6.45) is 2.11. The molecule has 39 heavy (non-hydrogen) atoms. The zero-order valence-electron chi connectivity index (χ0n) is 22.4. The third-order valence-corrected chi connectivity index (χ3v) is 7.48. The minimum absolute atomic E-state index is 0.136. The predicted molar refractivity (Wildman–Crippen MR) is 151 cm³/mol. The molecule has 1 aromatic heterocycles. The number of aromatic nitrogens is 1. The lowest BCUT2D eigenvalue weighted by Gasteiger charge is -2.32. The first-order valence-electron chi connectivity index (χ1n) is 13.0. The first-order chi connectivity index (χ1) is 18.7. The van der Waals surface area contributed by atoms with E-state index in [0.29, 0.717) is 16.9 Å². The summed E-state index contributed by atoms with van der Waals surface area (Å²) in [4.78, 5) is 44.2. The second kappa shape index (κ2) is 10.5. The van der Waals surface area contributed by atoms with Crippen molar-refractivity contribution in [1.82, 2.24) is 4.98 Å². The van der Waals surface area contributed by atoms with Gasteiger partial charge in [-0.25, -0.2) is 14.2 Å². The number of nitrogens with one attached hydrogen (secondary N) is 2. The monoisotopic (exact) mass is 530 g/mol. The molecule has 0 aliphatic carbocycles. The number of carbonyl (C=O) groups is 1. The largest absolute Gasteiger partial charge is 0.467 e. The Morgan fingerprint density at radius 1 is 1.08 bits per heavy atom. The summed E-state index contributed by atoms with van der Waals surface area (Å²) in [6, 6.07) is 13.3. The highest BCUT2D eigenvalue weighted by atomic mass is 19.1. The number of carbonyl (C=O) groups excluding carboxylic acids is 1. The van der Waals surface area contributed by atoms with Crippen LogP contribution >= 0.6 is 0 Å². The van der Waals surface area contributed by atoms with E-state index >= 15 is 0 Å². The van der Waals surface area contributed by atoms with E-state index in [0.717, 1.165) is 35.2 Å². The van der Waals surface area contributed by atoms with Gasteiger partial charge in [-0.1, -0.05) is 18.2 Å². The van der Waals surface area contributed by atoms with Crippen LogP contribution in [0.2, 0.25) is 0 Å². The van der Waals surface area contributed by atoms with Gasteiger partial charge in [-0.3, -0.25) is 9.59 Å². The van der Waals surface area contributed by atoms with Crippen LogP contribution in [0.25, 0.3) is 10.8 Å². The number of fused-ring (bicyclic) bond motifs is 1. The molecule has 1 aliphatic heterocycles. The van der Waals surface area contributed by atoms with Gasteiger partial charge in [0.1, 0.15) is 29.1 Å². The van der Waals surface area contributed by atoms with E-state index in [9.17, 15) is 18.8 Å². The Morgan fingerprint density at radius 3 is 2.44 bits per heavy atom. The SMILES string of the molecule is COC(=O)C(Cc1ccc(Nc2nc(C)cc3ccc(F)cc23)cc1)Nc1c(N2C(C)CCC2C)c(=O)c1=O. The summed E-state index contributed by atoms with van der Waals surface area (Å²) >= 11 is 0. The van der Waals surface area contributed by atoms with Gasteiger partial charge in [0, 0.05) is 35.3 Å². The van der Waals surface area contributed by atoms with Crippen LogP contribution in [0.1, 0.15) is 37.9 Å². The predicted octanol–water partition coefficient (Wildman–Crippen LogP) is 4.60. The number of methoxy groups -OCH3 is 1. The van der Waals surface area contributed by atoms with E-state index in [1.807, 2.05) is 56.0 Å². The van der Waals surface area contributed by atoms with Crippen LogP contribution in [0, 0.1) is 12.7 Å². The molecule has 5 rings (SSSR count).